The van der Waals surface area contributed by atoms with E-state index < -0.39 is 0 Å². The fourth-order valence-electron chi connectivity index (χ4n) is 3.06. The van der Waals surface area contributed by atoms with Crippen molar-refractivity contribution in [2.24, 2.45) is 0 Å². The molecule has 0 fully saturated rings. The van der Waals surface area contributed by atoms with E-state index in [1.165, 1.54) is 0 Å². The molecule has 5 heteroatoms. The van der Waals surface area contributed by atoms with Crippen molar-refractivity contribution < 1.29 is 4.74 Å². The Kier molecular flexibility index (Phi) is 4.05. The van der Waals surface area contributed by atoms with E-state index in [0.29, 0.717) is 0 Å². The van der Waals surface area contributed by atoms with E-state index in [1.54, 1.807) is 13.4 Å². The molecule has 0 radical (unpaired) electrons. The standard InChI is InChI=1S/C21H20N4O/c1-14-12-25(13-22-14)17-9-10-18(19(11-17)26-3)21-23-15(2)20(24-21)16-7-5-4-6-8-16/h4-13H,1-3H3,(H,23,24). The lowest BCUT2D eigenvalue weighted by molar-refractivity contribution is 0.416. The topological polar surface area (TPSA) is 55.7 Å². The van der Waals surface area contributed by atoms with Crippen LogP contribution in [0.5, 0.6) is 5.75 Å². The molecular weight excluding hydrogens is 324 g/mol. The summed E-state index contributed by atoms with van der Waals surface area (Å²) < 4.78 is 7.61. The molecule has 4 rings (SSSR count). The van der Waals surface area contributed by atoms with Crippen LogP contribution in [0.25, 0.3) is 28.3 Å². The van der Waals surface area contributed by atoms with Crippen LogP contribution in [-0.2, 0) is 0 Å². The lowest BCUT2D eigenvalue weighted by Crippen LogP contribution is -1.95. The van der Waals surface area contributed by atoms with E-state index in [2.05, 4.69) is 22.1 Å². The first-order chi connectivity index (χ1) is 12.7. The summed E-state index contributed by atoms with van der Waals surface area (Å²) in [6.45, 7) is 4.01. The van der Waals surface area contributed by atoms with Crippen LogP contribution in [0.4, 0.5) is 0 Å². The first-order valence-corrected chi connectivity index (χ1v) is 8.47. The predicted molar refractivity (Wildman–Crippen MR) is 103 cm³/mol. The van der Waals surface area contributed by atoms with Crippen molar-refractivity contribution in [1.82, 2.24) is 19.5 Å². The maximum absolute atomic E-state index is 5.63. The Morgan fingerprint density at radius 1 is 1.04 bits per heavy atom. The smallest absolute Gasteiger partial charge is 0.142 e. The third kappa shape index (κ3) is 2.88. The molecule has 130 valence electrons. The van der Waals surface area contributed by atoms with E-state index in [4.69, 9.17) is 9.72 Å². The Balaban J connectivity index is 1.76. The van der Waals surface area contributed by atoms with Crippen molar-refractivity contribution >= 4 is 0 Å². The molecule has 0 aliphatic carbocycles. The summed E-state index contributed by atoms with van der Waals surface area (Å²) in [5.74, 6) is 1.56. The van der Waals surface area contributed by atoms with E-state index in [-0.39, 0.29) is 0 Å². The molecule has 0 spiro atoms. The van der Waals surface area contributed by atoms with Gasteiger partial charge < -0.3 is 14.3 Å². The highest BCUT2D eigenvalue weighted by molar-refractivity contribution is 5.71. The molecule has 26 heavy (non-hydrogen) atoms. The molecule has 0 aliphatic rings. The number of ether oxygens (including phenoxy) is 1. The van der Waals surface area contributed by atoms with Gasteiger partial charge >= 0.3 is 0 Å². The second kappa shape index (κ2) is 6.52. The second-order valence-corrected chi connectivity index (χ2v) is 6.23. The van der Waals surface area contributed by atoms with Crippen molar-refractivity contribution in [1.29, 1.82) is 0 Å². The zero-order valence-electron chi connectivity index (χ0n) is 15.0. The number of H-pyrrole nitrogens is 1. The molecule has 0 bridgehead atoms. The quantitative estimate of drug-likeness (QED) is 0.591. The summed E-state index contributed by atoms with van der Waals surface area (Å²) in [6.07, 6.45) is 3.79. The fraction of sp³-hybridized carbons (Fsp3) is 0.143. The Morgan fingerprint density at radius 2 is 1.85 bits per heavy atom. The van der Waals surface area contributed by atoms with Gasteiger partial charge in [0.15, 0.2) is 0 Å². The van der Waals surface area contributed by atoms with Gasteiger partial charge in [0.05, 0.1) is 36.1 Å². The van der Waals surface area contributed by atoms with Crippen LogP contribution >= 0.6 is 0 Å². The molecule has 0 unspecified atom stereocenters. The van der Waals surface area contributed by atoms with Gasteiger partial charge in [-0.25, -0.2) is 9.97 Å². The van der Waals surface area contributed by atoms with Crippen LogP contribution in [0, 0.1) is 13.8 Å². The molecule has 2 aromatic carbocycles. The van der Waals surface area contributed by atoms with Crippen molar-refractivity contribution in [3.05, 3.63) is 72.4 Å². The zero-order chi connectivity index (χ0) is 18.1. The zero-order valence-corrected chi connectivity index (χ0v) is 15.0. The predicted octanol–water partition coefficient (Wildman–Crippen LogP) is 4.55. The first kappa shape index (κ1) is 16.1. The van der Waals surface area contributed by atoms with Gasteiger partial charge in [0.1, 0.15) is 11.6 Å². The summed E-state index contributed by atoms with van der Waals surface area (Å²) >= 11 is 0. The molecule has 0 aliphatic heterocycles. The number of nitrogens with one attached hydrogen (secondary N) is 1. The molecule has 2 aromatic heterocycles. The summed E-state index contributed by atoms with van der Waals surface area (Å²) in [5, 5.41) is 0. The number of rotatable bonds is 4. The number of imidazole rings is 2. The molecule has 2 heterocycles. The summed E-state index contributed by atoms with van der Waals surface area (Å²) in [4.78, 5) is 12.5. The van der Waals surface area contributed by atoms with Gasteiger partial charge in [-0.05, 0) is 26.0 Å². The maximum Gasteiger partial charge on any atom is 0.142 e. The number of hydrogen-bond acceptors (Lipinski definition) is 3. The second-order valence-electron chi connectivity index (χ2n) is 6.23. The number of methoxy groups -OCH3 is 1. The first-order valence-electron chi connectivity index (χ1n) is 8.47. The molecular formula is C21H20N4O. The molecule has 5 nitrogen and oxygen atoms in total. The van der Waals surface area contributed by atoms with Crippen molar-refractivity contribution in [3.8, 4) is 34.1 Å². The third-order valence-electron chi connectivity index (χ3n) is 4.38. The summed E-state index contributed by atoms with van der Waals surface area (Å²) in [7, 11) is 1.68. The number of aryl methyl sites for hydroxylation is 2. The van der Waals surface area contributed by atoms with Crippen LogP contribution in [0.3, 0.4) is 0 Å². The largest absolute Gasteiger partial charge is 0.496 e. The molecule has 0 saturated carbocycles. The minimum absolute atomic E-state index is 0.766. The fourth-order valence-corrected chi connectivity index (χ4v) is 3.06. The van der Waals surface area contributed by atoms with Crippen LogP contribution in [0.2, 0.25) is 0 Å². The third-order valence-corrected chi connectivity index (χ3v) is 4.38. The van der Waals surface area contributed by atoms with Gasteiger partial charge in [-0.2, -0.15) is 0 Å². The highest BCUT2D eigenvalue weighted by Gasteiger charge is 2.15. The number of nitrogens with zero attached hydrogens (tertiary/aromatic N) is 3. The lowest BCUT2D eigenvalue weighted by atomic mass is 10.1. The Labute approximate surface area is 152 Å². The molecule has 1 N–H and O–H groups in total. The van der Waals surface area contributed by atoms with Crippen LogP contribution in [-0.4, -0.2) is 26.6 Å². The summed E-state index contributed by atoms with van der Waals surface area (Å²) in [5.41, 5.74) is 5.98. The number of aromatic nitrogens is 4. The molecule has 4 aromatic rings. The highest BCUT2D eigenvalue weighted by Crippen LogP contribution is 2.33. The van der Waals surface area contributed by atoms with Gasteiger partial charge in [0, 0.05) is 23.5 Å². The maximum atomic E-state index is 5.63. The normalized spacial score (nSPS) is 10.9. The van der Waals surface area contributed by atoms with E-state index in [0.717, 1.165) is 45.5 Å². The average molecular weight is 344 g/mol. The molecule has 0 atom stereocenters. The van der Waals surface area contributed by atoms with Crippen molar-refractivity contribution in [2.75, 3.05) is 7.11 Å². The lowest BCUT2D eigenvalue weighted by Gasteiger charge is -2.09. The van der Waals surface area contributed by atoms with Gasteiger partial charge in [0.2, 0.25) is 0 Å². The SMILES string of the molecule is COc1cc(-n2cnc(C)c2)ccc1-c1nc(-c2ccccc2)c(C)[nH]1. The van der Waals surface area contributed by atoms with E-state index in [1.807, 2.05) is 61.0 Å². The summed E-state index contributed by atoms with van der Waals surface area (Å²) in [6, 6.07) is 16.2. The minimum Gasteiger partial charge on any atom is -0.496 e. The van der Waals surface area contributed by atoms with Crippen LogP contribution in [0.1, 0.15) is 11.4 Å². The Bertz CT molecular complexity index is 1050. The molecule has 0 saturated heterocycles. The average Bonchev–Trinajstić information content (AvgIpc) is 3.27. The van der Waals surface area contributed by atoms with Crippen molar-refractivity contribution in [3.63, 3.8) is 0 Å². The van der Waals surface area contributed by atoms with Gasteiger partial charge in [-0.15, -0.1) is 0 Å². The highest BCUT2D eigenvalue weighted by atomic mass is 16.5. The van der Waals surface area contributed by atoms with Gasteiger partial charge in [-0.1, -0.05) is 30.3 Å². The van der Waals surface area contributed by atoms with Crippen molar-refractivity contribution in [2.45, 2.75) is 13.8 Å². The van der Waals surface area contributed by atoms with E-state index in [9.17, 15) is 0 Å². The molecule has 0 amide bonds. The monoisotopic (exact) mass is 344 g/mol. The number of benzene rings is 2. The van der Waals surface area contributed by atoms with Gasteiger partial charge in [-0.3, -0.25) is 0 Å². The van der Waals surface area contributed by atoms with E-state index >= 15 is 0 Å². The number of hydrogen-bond donors (Lipinski definition) is 1. The number of aromatic amines is 1. The van der Waals surface area contributed by atoms with Gasteiger partial charge in [0.25, 0.3) is 0 Å². The Morgan fingerprint density at radius 3 is 2.54 bits per heavy atom. The van der Waals surface area contributed by atoms with Crippen LogP contribution < -0.4 is 4.74 Å². The minimum atomic E-state index is 0.766. The Hall–Kier alpha value is -3.34. The van der Waals surface area contributed by atoms with Crippen LogP contribution in [0.15, 0.2) is 61.1 Å².